The summed E-state index contributed by atoms with van der Waals surface area (Å²) in [5, 5.41) is 9.27. The second-order valence-corrected chi connectivity index (χ2v) is 6.18. The molecule has 0 aliphatic carbocycles. The SMILES string of the molecule is CCNC(Cc1ccn(C(C)C)n1)c1ccc(Cl)c(Cl)c1. The maximum absolute atomic E-state index is 6.13. The van der Waals surface area contributed by atoms with E-state index in [1.807, 2.05) is 29.1 Å². The van der Waals surface area contributed by atoms with Crippen LogP contribution in [-0.2, 0) is 6.42 Å². The summed E-state index contributed by atoms with van der Waals surface area (Å²) in [6, 6.07) is 8.41. The normalized spacial score (nSPS) is 12.9. The molecule has 0 radical (unpaired) electrons. The van der Waals surface area contributed by atoms with Gasteiger partial charge in [0.1, 0.15) is 0 Å². The predicted octanol–water partition coefficient (Wildman–Crippen LogP) is 4.66. The van der Waals surface area contributed by atoms with E-state index >= 15 is 0 Å². The van der Waals surface area contributed by atoms with Gasteiger partial charge < -0.3 is 5.32 Å². The third-order valence-electron chi connectivity index (χ3n) is 3.40. The van der Waals surface area contributed by atoms with Crippen molar-refractivity contribution in [1.29, 1.82) is 0 Å². The van der Waals surface area contributed by atoms with E-state index in [4.69, 9.17) is 23.2 Å². The lowest BCUT2D eigenvalue weighted by molar-refractivity contribution is 0.506. The number of halogens is 2. The Labute approximate surface area is 136 Å². The van der Waals surface area contributed by atoms with Crippen LogP contribution in [0.5, 0.6) is 0 Å². The molecule has 0 saturated heterocycles. The Morgan fingerprint density at radius 1 is 1.19 bits per heavy atom. The van der Waals surface area contributed by atoms with E-state index < -0.39 is 0 Å². The molecule has 1 N–H and O–H groups in total. The van der Waals surface area contributed by atoms with Gasteiger partial charge >= 0.3 is 0 Å². The molecule has 3 nitrogen and oxygen atoms in total. The average molecular weight is 326 g/mol. The Hall–Kier alpha value is -1.03. The van der Waals surface area contributed by atoms with Crippen molar-refractivity contribution >= 4 is 23.2 Å². The highest BCUT2D eigenvalue weighted by Gasteiger charge is 2.14. The first-order valence-corrected chi connectivity index (χ1v) is 7.99. The van der Waals surface area contributed by atoms with Crippen molar-refractivity contribution in [3.8, 4) is 0 Å². The van der Waals surface area contributed by atoms with Crippen molar-refractivity contribution in [3.63, 3.8) is 0 Å². The quantitative estimate of drug-likeness (QED) is 0.836. The van der Waals surface area contributed by atoms with Crippen LogP contribution < -0.4 is 5.32 Å². The van der Waals surface area contributed by atoms with Crippen molar-refractivity contribution in [1.82, 2.24) is 15.1 Å². The number of hydrogen-bond donors (Lipinski definition) is 1. The van der Waals surface area contributed by atoms with E-state index in [1.165, 1.54) is 0 Å². The lowest BCUT2D eigenvalue weighted by atomic mass is 10.0. The number of likely N-dealkylation sites (N-methyl/N-ethyl adjacent to an activating group) is 1. The summed E-state index contributed by atoms with van der Waals surface area (Å²) in [6.07, 6.45) is 2.85. The maximum Gasteiger partial charge on any atom is 0.0643 e. The molecule has 21 heavy (non-hydrogen) atoms. The molecule has 0 spiro atoms. The highest BCUT2D eigenvalue weighted by atomic mass is 35.5. The zero-order chi connectivity index (χ0) is 15.4. The molecule has 114 valence electrons. The minimum atomic E-state index is 0.181. The van der Waals surface area contributed by atoms with E-state index in [9.17, 15) is 0 Å². The molecule has 1 unspecified atom stereocenters. The number of hydrogen-bond acceptors (Lipinski definition) is 2. The summed E-state index contributed by atoms with van der Waals surface area (Å²) in [5.41, 5.74) is 2.20. The van der Waals surface area contributed by atoms with Gasteiger partial charge in [0.15, 0.2) is 0 Å². The fourth-order valence-corrected chi connectivity index (χ4v) is 2.57. The molecule has 2 rings (SSSR count). The van der Waals surface area contributed by atoms with Crippen molar-refractivity contribution in [2.75, 3.05) is 6.54 Å². The Bertz CT molecular complexity index is 593. The van der Waals surface area contributed by atoms with Crippen LogP contribution >= 0.6 is 23.2 Å². The minimum absolute atomic E-state index is 0.181. The third-order valence-corrected chi connectivity index (χ3v) is 4.14. The molecule has 2 aromatic rings. The summed E-state index contributed by atoms with van der Waals surface area (Å²) in [7, 11) is 0. The topological polar surface area (TPSA) is 29.9 Å². The highest BCUT2D eigenvalue weighted by Crippen LogP contribution is 2.27. The zero-order valence-corrected chi connectivity index (χ0v) is 14.1. The largest absolute Gasteiger partial charge is 0.310 e. The molecular weight excluding hydrogens is 305 g/mol. The van der Waals surface area contributed by atoms with Crippen molar-refractivity contribution in [2.45, 2.75) is 39.3 Å². The Balaban J connectivity index is 2.19. The minimum Gasteiger partial charge on any atom is -0.310 e. The first-order chi connectivity index (χ1) is 10.0. The van der Waals surface area contributed by atoms with Crippen molar-refractivity contribution < 1.29 is 0 Å². The molecule has 0 fully saturated rings. The monoisotopic (exact) mass is 325 g/mol. The van der Waals surface area contributed by atoms with Crippen LogP contribution in [0.2, 0.25) is 10.0 Å². The third kappa shape index (κ3) is 4.22. The van der Waals surface area contributed by atoms with Gasteiger partial charge in [-0.1, -0.05) is 36.2 Å². The molecule has 0 bridgehead atoms. The van der Waals surface area contributed by atoms with Crippen molar-refractivity contribution in [2.24, 2.45) is 0 Å². The Morgan fingerprint density at radius 3 is 2.52 bits per heavy atom. The average Bonchev–Trinajstić information content (AvgIpc) is 2.90. The lowest BCUT2D eigenvalue weighted by Crippen LogP contribution is -2.23. The first-order valence-electron chi connectivity index (χ1n) is 7.23. The van der Waals surface area contributed by atoms with Gasteiger partial charge in [0.2, 0.25) is 0 Å². The molecule has 0 aliphatic heterocycles. The van der Waals surface area contributed by atoms with Gasteiger partial charge in [0.25, 0.3) is 0 Å². The maximum atomic E-state index is 6.13. The molecule has 0 saturated carbocycles. The van der Waals surface area contributed by atoms with E-state index in [1.54, 1.807) is 0 Å². The second-order valence-electron chi connectivity index (χ2n) is 5.37. The van der Waals surface area contributed by atoms with Gasteiger partial charge in [-0.2, -0.15) is 5.10 Å². The lowest BCUT2D eigenvalue weighted by Gasteiger charge is -2.18. The van der Waals surface area contributed by atoms with Gasteiger partial charge in [-0.25, -0.2) is 0 Å². The fourth-order valence-electron chi connectivity index (χ4n) is 2.27. The zero-order valence-electron chi connectivity index (χ0n) is 12.6. The first kappa shape index (κ1) is 16.3. The van der Waals surface area contributed by atoms with Gasteiger partial charge in [0.05, 0.1) is 15.7 Å². The fraction of sp³-hybridized carbons (Fsp3) is 0.438. The van der Waals surface area contributed by atoms with Gasteiger partial charge in [-0.05, 0) is 44.2 Å². The summed E-state index contributed by atoms with van der Waals surface area (Å²) >= 11 is 12.1. The molecule has 1 aromatic carbocycles. The van der Waals surface area contributed by atoms with Crippen LogP contribution in [0.25, 0.3) is 0 Å². The number of rotatable bonds is 6. The van der Waals surface area contributed by atoms with Gasteiger partial charge in [0, 0.05) is 24.7 Å². The van der Waals surface area contributed by atoms with Crippen LogP contribution in [0.15, 0.2) is 30.5 Å². The molecule has 1 aromatic heterocycles. The van der Waals surface area contributed by atoms with E-state index in [-0.39, 0.29) is 6.04 Å². The summed E-state index contributed by atoms with van der Waals surface area (Å²) < 4.78 is 1.98. The van der Waals surface area contributed by atoms with Gasteiger partial charge in [-0.15, -0.1) is 0 Å². The van der Waals surface area contributed by atoms with Crippen molar-refractivity contribution in [3.05, 3.63) is 51.8 Å². The molecule has 0 amide bonds. The number of nitrogens with one attached hydrogen (secondary N) is 1. The van der Waals surface area contributed by atoms with E-state index in [0.29, 0.717) is 16.1 Å². The number of aromatic nitrogens is 2. The van der Waals surface area contributed by atoms with Gasteiger partial charge in [-0.3, -0.25) is 4.68 Å². The van der Waals surface area contributed by atoms with Crippen LogP contribution in [0, 0.1) is 0 Å². The summed E-state index contributed by atoms with van der Waals surface area (Å²) in [4.78, 5) is 0. The Morgan fingerprint density at radius 2 is 1.95 bits per heavy atom. The number of nitrogens with zero attached hydrogens (tertiary/aromatic N) is 2. The van der Waals surface area contributed by atoms with Crippen LogP contribution in [-0.4, -0.2) is 16.3 Å². The van der Waals surface area contributed by atoms with E-state index in [0.717, 1.165) is 24.2 Å². The summed E-state index contributed by atoms with van der Waals surface area (Å²) in [5.74, 6) is 0. The van der Waals surface area contributed by atoms with Crippen LogP contribution in [0.1, 0.15) is 44.1 Å². The molecule has 5 heteroatoms. The molecule has 1 heterocycles. The summed E-state index contributed by atoms with van der Waals surface area (Å²) in [6.45, 7) is 7.22. The standard InChI is InChI=1S/C16H21Cl2N3/c1-4-19-16(12-5-6-14(17)15(18)9-12)10-13-7-8-21(20-13)11(2)3/h5-9,11,16,19H,4,10H2,1-3H3. The van der Waals surface area contributed by atoms with Crippen LogP contribution in [0.4, 0.5) is 0 Å². The molecule has 1 atom stereocenters. The smallest absolute Gasteiger partial charge is 0.0643 e. The Kier molecular flexibility index (Phi) is 5.68. The number of benzene rings is 1. The van der Waals surface area contributed by atoms with E-state index in [2.05, 4.69) is 37.3 Å². The van der Waals surface area contributed by atoms with Crippen LogP contribution in [0.3, 0.4) is 0 Å². The predicted molar refractivity (Wildman–Crippen MR) is 89.2 cm³/mol. The molecular formula is C16H21Cl2N3. The molecule has 0 aliphatic rings. The highest BCUT2D eigenvalue weighted by molar-refractivity contribution is 6.42. The second kappa shape index (κ2) is 7.30.